The van der Waals surface area contributed by atoms with E-state index < -0.39 is 5.97 Å². The molecule has 0 aliphatic carbocycles. The first kappa shape index (κ1) is 12.6. The zero-order chi connectivity index (χ0) is 13.1. The number of ether oxygens (including phenoxy) is 1. The van der Waals surface area contributed by atoms with Crippen LogP contribution in [0.4, 0.5) is 11.5 Å². The quantitative estimate of drug-likeness (QED) is 0.750. The van der Waals surface area contributed by atoms with Gasteiger partial charge in [-0.15, -0.1) is 0 Å². The van der Waals surface area contributed by atoms with Crippen molar-refractivity contribution in [3.05, 3.63) is 17.8 Å². The topological polar surface area (TPSA) is 97.5 Å². The van der Waals surface area contributed by atoms with Gasteiger partial charge in [-0.1, -0.05) is 0 Å². The Morgan fingerprint density at radius 3 is 3.11 bits per heavy atom. The van der Waals surface area contributed by atoms with Crippen LogP contribution in [0.15, 0.2) is 12.3 Å². The lowest BCUT2D eigenvalue weighted by molar-refractivity contribution is 0.0231. The first-order valence-corrected chi connectivity index (χ1v) is 5.93. The van der Waals surface area contributed by atoms with Crippen LogP contribution in [0.25, 0.3) is 0 Å². The molecule has 98 valence electrons. The number of carbonyl (C=O) groups is 1. The summed E-state index contributed by atoms with van der Waals surface area (Å²) in [5.74, 6) is -0.659. The first-order chi connectivity index (χ1) is 8.56. The molecule has 0 amide bonds. The Bertz CT molecular complexity index is 450. The van der Waals surface area contributed by atoms with Crippen molar-refractivity contribution in [2.45, 2.75) is 31.9 Å². The molecule has 0 radical (unpaired) electrons. The van der Waals surface area contributed by atoms with Crippen molar-refractivity contribution in [2.24, 2.45) is 0 Å². The van der Waals surface area contributed by atoms with Gasteiger partial charge in [0.05, 0.1) is 18.0 Å². The normalized spacial score (nSPS) is 23.6. The summed E-state index contributed by atoms with van der Waals surface area (Å²) < 4.78 is 5.45. The minimum Gasteiger partial charge on any atom is -0.478 e. The van der Waals surface area contributed by atoms with Gasteiger partial charge in [0.1, 0.15) is 11.4 Å². The van der Waals surface area contributed by atoms with E-state index in [2.05, 4.69) is 10.3 Å². The fourth-order valence-electron chi connectivity index (χ4n) is 2.08. The second kappa shape index (κ2) is 5.22. The zero-order valence-corrected chi connectivity index (χ0v) is 10.2. The number of nitrogens with zero attached hydrogens (tertiary/aromatic N) is 1. The minimum atomic E-state index is -1.03. The van der Waals surface area contributed by atoms with Crippen molar-refractivity contribution in [2.75, 3.05) is 17.7 Å². The maximum atomic E-state index is 11.1. The molecule has 6 heteroatoms. The monoisotopic (exact) mass is 251 g/mol. The maximum Gasteiger partial charge on any atom is 0.339 e. The van der Waals surface area contributed by atoms with Crippen molar-refractivity contribution in [1.29, 1.82) is 0 Å². The Labute approximate surface area is 105 Å². The molecule has 2 atom stereocenters. The molecule has 1 aromatic rings. The van der Waals surface area contributed by atoms with Crippen LogP contribution in [0.5, 0.6) is 0 Å². The summed E-state index contributed by atoms with van der Waals surface area (Å²) >= 11 is 0. The van der Waals surface area contributed by atoms with Gasteiger partial charge in [0.2, 0.25) is 0 Å². The summed E-state index contributed by atoms with van der Waals surface area (Å²) in [6.45, 7) is 2.68. The van der Waals surface area contributed by atoms with Crippen LogP contribution >= 0.6 is 0 Å². The van der Waals surface area contributed by atoms with Crippen LogP contribution < -0.4 is 11.1 Å². The second-order valence-corrected chi connectivity index (χ2v) is 4.52. The van der Waals surface area contributed by atoms with E-state index in [1.807, 2.05) is 6.92 Å². The third kappa shape index (κ3) is 2.89. The van der Waals surface area contributed by atoms with E-state index in [0.29, 0.717) is 18.1 Å². The first-order valence-electron chi connectivity index (χ1n) is 5.93. The van der Waals surface area contributed by atoms with Crippen LogP contribution in [0.2, 0.25) is 0 Å². The smallest absolute Gasteiger partial charge is 0.339 e. The van der Waals surface area contributed by atoms with Crippen LogP contribution in [-0.4, -0.2) is 34.8 Å². The van der Waals surface area contributed by atoms with Crippen molar-refractivity contribution < 1.29 is 14.6 Å². The number of aromatic carboxylic acids is 1. The largest absolute Gasteiger partial charge is 0.478 e. The number of pyridine rings is 1. The van der Waals surface area contributed by atoms with E-state index >= 15 is 0 Å². The molecule has 2 rings (SSSR count). The average molecular weight is 251 g/mol. The molecule has 0 bridgehead atoms. The summed E-state index contributed by atoms with van der Waals surface area (Å²) in [5.41, 5.74) is 6.00. The summed E-state index contributed by atoms with van der Waals surface area (Å²) in [7, 11) is 0. The third-order valence-electron chi connectivity index (χ3n) is 2.97. The molecule has 1 aromatic heterocycles. The number of anilines is 2. The molecule has 1 aliphatic rings. The van der Waals surface area contributed by atoms with Gasteiger partial charge < -0.3 is 20.9 Å². The molecule has 1 fully saturated rings. The fourth-order valence-corrected chi connectivity index (χ4v) is 2.08. The third-order valence-corrected chi connectivity index (χ3v) is 2.97. The lowest BCUT2D eigenvalue weighted by atomic mass is 10.0. The van der Waals surface area contributed by atoms with E-state index in [9.17, 15) is 4.79 Å². The molecule has 2 heterocycles. The number of carboxylic acids is 1. The van der Waals surface area contributed by atoms with Crippen molar-refractivity contribution >= 4 is 17.5 Å². The predicted molar refractivity (Wildman–Crippen MR) is 67.7 cm³/mol. The molecule has 0 spiro atoms. The molecular weight excluding hydrogens is 234 g/mol. The molecule has 6 nitrogen and oxygen atoms in total. The van der Waals surface area contributed by atoms with E-state index in [1.54, 1.807) is 0 Å². The number of hydrogen-bond donors (Lipinski definition) is 3. The van der Waals surface area contributed by atoms with Gasteiger partial charge in [-0.25, -0.2) is 9.78 Å². The lowest BCUT2D eigenvalue weighted by Gasteiger charge is -2.28. The average Bonchev–Trinajstić information content (AvgIpc) is 2.31. The Hall–Kier alpha value is -1.82. The number of nitrogens with two attached hydrogens (primary N) is 1. The fraction of sp³-hybridized carbons (Fsp3) is 0.500. The SMILES string of the molecule is CC1CC(Nc2ncc(N)cc2C(=O)O)CCO1. The summed E-state index contributed by atoms with van der Waals surface area (Å²) in [6.07, 6.45) is 3.32. The Balaban J connectivity index is 2.15. The van der Waals surface area contributed by atoms with Gasteiger partial charge in [0.15, 0.2) is 0 Å². The van der Waals surface area contributed by atoms with Crippen LogP contribution in [0.3, 0.4) is 0 Å². The van der Waals surface area contributed by atoms with E-state index in [0.717, 1.165) is 12.8 Å². The van der Waals surface area contributed by atoms with Gasteiger partial charge in [-0.05, 0) is 25.8 Å². The highest BCUT2D eigenvalue weighted by Crippen LogP contribution is 2.21. The van der Waals surface area contributed by atoms with Gasteiger partial charge in [0, 0.05) is 12.6 Å². The highest BCUT2D eigenvalue weighted by molar-refractivity contribution is 5.94. The van der Waals surface area contributed by atoms with Gasteiger partial charge in [-0.2, -0.15) is 0 Å². The molecule has 1 saturated heterocycles. The summed E-state index contributed by atoms with van der Waals surface area (Å²) in [5, 5.41) is 12.3. The molecule has 4 N–H and O–H groups in total. The van der Waals surface area contributed by atoms with E-state index in [-0.39, 0.29) is 17.7 Å². The molecular formula is C12H17N3O3. The maximum absolute atomic E-state index is 11.1. The van der Waals surface area contributed by atoms with Crippen LogP contribution in [-0.2, 0) is 4.74 Å². The highest BCUT2D eigenvalue weighted by Gasteiger charge is 2.21. The van der Waals surface area contributed by atoms with Crippen molar-refractivity contribution in [1.82, 2.24) is 4.98 Å². The molecule has 0 aromatic carbocycles. The van der Waals surface area contributed by atoms with Gasteiger partial charge in [-0.3, -0.25) is 0 Å². The predicted octanol–water partition coefficient (Wildman–Crippen LogP) is 1.34. The highest BCUT2D eigenvalue weighted by atomic mass is 16.5. The lowest BCUT2D eigenvalue weighted by Crippen LogP contribution is -2.33. The van der Waals surface area contributed by atoms with E-state index in [1.165, 1.54) is 12.3 Å². The Morgan fingerprint density at radius 1 is 1.67 bits per heavy atom. The van der Waals surface area contributed by atoms with Crippen molar-refractivity contribution in [3.8, 4) is 0 Å². The zero-order valence-electron chi connectivity index (χ0n) is 10.2. The van der Waals surface area contributed by atoms with Crippen LogP contribution in [0.1, 0.15) is 30.1 Å². The Morgan fingerprint density at radius 2 is 2.44 bits per heavy atom. The minimum absolute atomic E-state index is 0.106. The number of aromatic nitrogens is 1. The second-order valence-electron chi connectivity index (χ2n) is 4.52. The molecule has 2 unspecified atom stereocenters. The Kier molecular flexibility index (Phi) is 3.66. The summed E-state index contributed by atoms with van der Waals surface area (Å²) in [4.78, 5) is 15.2. The number of nitrogen functional groups attached to an aromatic ring is 1. The van der Waals surface area contributed by atoms with Crippen LogP contribution in [0, 0.1) is 0 Å². The van der Waals surface area contributed by atoms with E-state index in [4.69, 9.17) is 15.6 Å². The number of hydrogen-bond acceptors (Lipinski definition) is 5. The number of carboxylic acid groups (broad SMARTS) is 1. The van der Waals surface area contributed by atoms with Crippen molar-refractivity contribution in [3.63, 3.8) is 0 Å². The van der Waals surface area contributed by atoms with Gasteiger partial charge in [0.25, 0.3) is 0 Å². The molecule has 1 aliphatic heterocycles. The molecule has 18 heavy (non-hydrogen) atoms. The number of rotatable bonds is 3. The van der Waals surface area contributed by atoms with Gasteiger partial charge >= 0.3 is 5.97 Å². The molecule has 0 saturated carbocycles. The summed E-state index contributed by atoms with van der Waals surface area (Å²) in [6, 6.07) is 1.60. The standard InChI is InChI=1S/C12H17N3O3/c1-7-4-9(2-3-18-7)15-11-10(12(16)17)5-8(13)6-14-11/h5-7,9H,2-4,13H2,1H3,(H,14,15)(H,16,17). The number of nitrogens with one attached hydrogen (secondary N) is 1.